The molecule has 0 aromatic heterocycles. The van der Waals surface area contributed by atoms with Crippen LogP contribution < -0.4 is 4.72 Å². The molecule has 8 heteroatoms. The number of benzene rings is 2. The summed E-state index contributed by atoms with van der Waals surface area (Å²) in [5, 5.41) is 0. The van der Waals surface area contributed by atoms with Gasteiger partial charge in [0.05, 0.1) is 9.79 Å². The predicted molar refractivity (Wildman–Crippen MR) is 120 cm³/mol. The van der Waals surface area contributed by atoms with Gasteiger partial charge in [-0.2, -0.15) is 4.31 Å². The van der Waals surface area contributed by atoms with Crippen LogP contribution >= 0.6 is 0 Å². The predicted octanol–water partition coefficient (Wildman–Crippen LogP) is 4.36. The van der Waals surface area contributed by atoms with Gasteiger partial charge in [-0.25, -0.2) is 16.8 Å². The first-order valence-corrected chi connectivity index (χ1v) is 13.1. The molecular weight excluding hydrogens is 420 g/mol. The largest absolute Gasteiger partial charge is 0.280 e. The van der Waals surface area contributed by atoms with Crippen molar-refractivity contribution in [2.24, 2.45) is 0 Å². The molecule has 30 heavy (non-hydrogen) atoms. The van der Waals surface area contributed by atoms with E-state index in [1.54, 1.807) is 18.2 Å². The fraction of sp³-hybridized carbons (Fsp3) is 0.455. The van der Waals surface area contributed by atoms with E-state index in [2.05, 4.69) is 4.72 Å². The van der Waals surface area contributed by atoms with E-state index in [1.165, 1.54) is 24.3 Å². The van der Waals surface area contributed by atoms with Gasteiger partial charge in [-0.3, -0.25) is 4.72 Å². The van der Waals surface area contributed by atoms with Crippen molar-refractivity contribution in [3.8, 4) is 0 Å². The van der Waals surface area contributed by atoms with Gasteiger partial charge in [0.1, 0.15) is 0 Å². The van der Waals surface area contributed by atoms with Gasteiger partial charge in [-0.05, 0) is 82.9 Å². The molecule has 6 nitrogen and oxygen atoms in total. The number of hydrogen-bond donors (Lipinski definition) is 1. The van der Waals surface area contributed by atoms with Crippen LogP contribution in [0.4, 0.5) is 5.69 Å². The number of anilines is 1. The Morgan fingerprint density at radius 1 is 0.867 bits per heavy atom. The second kappa shape index (κ2) is 8.32. The molecule has 1 aliphatic rings. The summed E-state index contributed by atoms with van der Waals surface area (Å²) in [7, 11) is -7.42. The number of hydrogen-bond acceptors (Lipinski definition) is 4. The minimum atomic E-state index is -3.79. The second-order valence-electron chi connectivity index (χ2n) is 8.32. The van der Waals surface area contributed by atoms with Crippen molar-refractivity contribution in [1.82, 2.24) is 4.31 Å². The molecule has 1 N–H and O–H groups in total. The van der Waals surface area contributed by atoms with E-state index in [-0.39, 0.29) is 21.9 Å². The Labute approximate surface area is 180 Å². The van der Waals surface area contributed by atoms with E-state index >= 15 is 0 Å². The molecule has 1 aliphatic heterocycles. The van der Waals surface area contributed by atoms with Crippen molar-refractivity contribution in [1.29, 1.82) is 0 Å². The molecule has 2 atom stereocenters. The van der Waals surface area contributed by atoms with Gasteiger partial charge in [0.25, 0.3) is 10.0 Å². The Kier molecular flexibility index (Phi) is 6.32. The molecule has 164 valence electrons. The number of sulfonamides is 2. The molecule has 0 amide bonds. The first kappa shape index (κ1) is 22.8. The highest BCUT2D eigenvalue weighted by atomic mass is 32.2. The van der Waals surface area contributed by atoms with Crippen molar-refractivity contribution in [2.75, 3.05) is 4.72 Å². The fourth-order valence-electron chi connectivity index (χ4n) is 4.48. The van der Waals surface area contributed by atoms with Gasteiger partial charge in [-0.1, -0.05) is 24.1 Å². The van der Waals surface area contributed by atoms with Gasteiger partial charge in [0.15, 0.2) is 0 Å². The molecule has 0 aliphatic carbocycles. The van der Waals surface area contributed by atoms with E-state index in [1.807, 2.05) is 32.9 Å². The first-order chi connectivity index (χ1) is 13.9. The van der Waals surface area contributed by atoms with Gasteiger partial charge >= 0.3 is 0 Å². The Hall–Kier alpha value is -1.90. The molecule has 2 aromatic rings. The Morgan fingerprint density at radius 3 is 1.87 bits per heavy atom. The van der Waals surface area contributed by atoms with Crippen LogP contribution in [0.15, 0.2) is 46.2 Å². The Bertz CT molecular complexity index is 1110. The lowest BCUT2D eigenvalue weighted by Gasteiger charge is -2.37. The molecule has 0 bridgehead atoms. The zero-order valence-electron chi connectivity index (χ0n) is 18.1. The van der Waals surface area contributed by atoms with E-state index in [9.17, 15) is 16.8 Å². The summed E-state index contributed by atoms with van der Waals surface area (Å²) in [6, 6.07) is 9.50. The number of aryl methyl sites for hydroxylation is 3. The SMILES string of the molecule is Cc1cc(C)c(S(=O)(=O)Nc2ccc(S(=O)(=O)N3C(C)CCCC3C)cc2)c(C)c1. The second-order valence-corrected chi connectivity index (χ2v) is 11.8. The first-order valence-electron chi connectivity index (χ1n) is 10.2. The molecule has 1 fully saturated rings. The van der Waals surface area contributed by atoms with Crippen LogP contribution in [-0.4, -0.2) is 33.2 Å². The number of nitrogens with one attached hydrogen (secondary N) is 1. The number of nitrogens with zero attached hydrogens (tertiary/aromatic N) is 1. The molecule has 3 rings (SSSR count). The summed E-state index contributed by atoms with van der Waals surface area (Å²) in [6.45, 7) is 9.33. The molecular formula is C22H30N2O4S2. The zero-order chi connectivity index (χ0) is 22.3. The summed E-state index contributed by atoms with van der Waals surface area (Å²) in [6.07, 6.45) is 2.71. The highest BCUT2D eigenvalue weighted by Crippen LogP contribution is 2.30. The lowest BCUT2D eigenvalue weighted by atomic mass is 10.0. The topological polar surface area (TPSA) is 83.5 Å². The van der Waals surface area contributed by atoms with Crippen LogP contribution in [-0.2, 0) is 20.0 Å². The normalized spacial score (nSPS) is 20.8. The van der Waals surface area contributed by atoms with Crippen molar-refractivity contribution in [2.45, 2.75) is 75.8 Å². The quantitative estimate of drug-likeness (QED) is 0.733. The number of piperidine rings is 1. The molecule has 2 aromatic carbocycles. The maximum atomic E-state index is 13.1. The van der Waals surface area contributed by atoms with E-state index in [0.717, 1.165) is 24.8 Å². The third kappa shape index (κ3) is 4.40. The van der Waals surface area contributed by atoms with Crippen LogP contribution in [0.2, 0.25) is 0 Å². The molecule has 0 radical (unpaired) electrons. The minimum Gasteiger partial charge on any atom is -0.280 e. The smallest absolute Gasteiger partial charge is 0.262 e. The summed E-state index contributed by atoms with van der Waals surface area (Å²) < 4.78 is 56.3. The average molecular weight is 451 g/mol. The molecule has 2 unspecified atom stereocenters. The van der Waals surface area contributed by atoms with Crippen molar-refractivity contribution in [3.63, 3.8) is 0 Å². The van der Waals surface area contributed by atoms with Crippen LogP contribution in [0.3, 0.4) is 0 Å². The monoisotopic (exact) mass is 450 g/mol. The standard InChI is InChI=1S/C22H30N2O4S2/c1-15-13-16(2)22(17(3)14-15)29(25,26)23-20-9-11-21(12-10-20)30(27,28)24-18(4)7-6-8-19(24)5/h9-14,18-19,23H,6-8H2,1-5H3. The molecule has 1 heterocycles. The molecule has 0 spiro atoms. The Balaban J connectivity index is 1.88. The summed E-state index contributed by atoms with van der Waals surface area (Å²) in [5.41, 5.74) is 2.67. The highest BCUT2D eigenvalue weighted by molar-refractivity contribution is 7.92. The number of rotatable bonds is 5. The highest BCUT2D eigenvalue weighted by Gasteiger charge is 2.35. The van der Waals surface area contributed by atoms with E-state index < -0.39 is 20.0 Å². The lowest BCUT2D eigenvalue weighted by molar-refractivity contribution is 0.204. The Morgan fingerprint density at radius 2 is 1.37 bits per heavy atom. The fourth-order valence-corrected chi connectivity index (χ4v) is 7.88. The maximum Gasteiger partial charge on any atom is 0.262 e. The van der Waals surface area contributed by atoms with E-state index in [0.29, 0.717) is 16.8 Å². The summed E-state index contributed by atoms with van der Waals surface area (Å²) >= 11 is 0. The summed E-state index contributed by atoms with van der Waals surface area (Å²) in [4.78, 5) is 0.425. The van der Waals surface area contributed by atoms with Crippen LogP contribution in [0.1, 0.15) is 49.8 Å². The van der Waals surface area contributed by atoms with Gasteiger partial charge in [-0.15, -0.1) is 0 Å². The maximum absolute atomic E-state index is 13.1. The molecule has 0 saturated carbocycles. The molecule has 1 saturated heterocycles. The third-order valence-electron chi connectivity index (χ3n) is 5.67. The van der Waals surface area contributed by atoms with Crippen LogP contribution in [0, 0.1) is 20.8 Å². The van der Waals surface area contributed by atoms with Crippen molar-refractivity contribution < 1.29 is 16.8 Å². The summed E-state index contributed by atoms with van der Waals surface area (Å²) in [5.74, 6) is 0. The van der Waals surface area contributed by atoms with Crippen molar-refractivity contribution >= 4 is 25.7 Å². The van der Waals surface area contributed by atoms with Crippen molar-refractivity contribution in [3.05, 3.63) is 53.1 Å². The van der Waals surface area contributed by atoms with Crippen LogP contribution in [0.5, 0.6) is 0 Å². The van der Waals surface area contributed by atoms with Gasteiger partial charge in [0.2, 0.25) is 10.0 Å². The van der Waals surface area contributed by atoms with E-state index in [4.69, 9.17) is 0 Å². The lowest BCUT2D eigenvalue weighted by Crippen LogP contribution is -2.47. The van der Waals surface area contributed by atoms with Gasteiger partial charge < -0.3 is 0 Å². The minimum absolute atomic E-state index is 0.0515. The third-order valence-corrected chi connectivity index (χ3v) is 9.50. The van der Waals surface area contributed by atoms with Gasteiger partial charge in [0, 0.05) is 17.8 Å². The van der Waals surface area contributed by atoms with Crippen LogP contribution in [0.25, 0.3) is 0 Å². The average Bonchev–Trinajstić information content (AvgIpc) is 2.60. The zero-order valence-corrected chi connectivity index (χ0v) is 19.8.